The van der Waals surface area contributed by atoms with Gasteiger partial charge in [-0.15, -0.1) is 0 Å². The molecule has 1 amide bonds. The predicted molar refractivity (Wildman–Crippen MR) is 122 cm³/mol. The zero-order chi connectivity index (χ0) is 22.2. The minimum Gasteiger partial charge on any atom is -0.384 e. The Kier molecular flexibility index (Phi) is 5.13. The van der Waals surface area contributed by atoms with Gasteiger partial charge in [0, 0.05) is 18.7 Å². The van der Waals surface area contributed by atoms with Crippen LogP contribution in [0.2, 0.25) is 0 Å². The predicted octanol–water partition coefficient (Wildman–Crippen LogP) is 2.43. The molecule has 0 saturated heterocycles. The molecule has 0 saturated carbocycles. The van der Waals surface area contributed by atoms with Crippen molar-refractivity contribution in [3.05, 3.63) is 81.2 Å². The lowest BCUT2D eigenvalue weighted by atomic mass is 10.1. The Labute approximate surface area is 185 Å². The van der Waals surface area contributed by atoms with E-state index in [1.54, 1.807) is 16.8 Å². The maximum Gasteiger partial charge on any atom is 0.277 e. The second-order valence-corrected chi connectivity index (χ2v) is 8.53. The summed E-state index contributed by atoms with van der Waals surface area (Å²) in [5.74, 6) is 0.986. The Morgan fingerprint density at radius 3 is 2.94 bits per heavy atom. The van der Waals surface area contributed by atoms with Crippen molar-refractivity contribution in [1.82, 2.24) is 19.9 Å². The number of nitrogen functional groups attached to an aromatic ring is 1. The first-order valence-corrected chi connectivity index (χ1v) is 10.9. The van der Waals surface area contributed by atoms with Crippen molar-refractivity contribution in [2.75, 3.05) is 11.1 Å². The highest BCUT2D eigenvalue weighted by molar-refractivity contribution is 5.81. The summed E-state index contributed by atoms with van der Waals surface area (Å²) in [6.07, 6.45) is 4.30. The van der Waals surface area contributed by atoms with Gasteiger partial charge < -0.3 is 16.4 Å². The number of rotatable bonds is 5. The van der Waals surface area contributed by atoms with Crippen LogP contribution in [0.15, 0.2) is 47.4 Å². The molecular formula is C24H26N6O2. The monoisotopic (exact) mass is 430 g/mol. The molecule has 3 aromatic rings. The van der Waals surface area contributed by atoms with Gasteiger partial charge in [0.15, 0.2) is 0 Å². The number of amides is 1. The molecule has 1 aromatic carbocycles. The number of anilines is 2. The third-order valence-electron chi connectivity index (χ3n) is 6.28. The lowest BCUT2D eigenvalue weighted by Gasteiger charge is -2.19. The van der Waals surface area contributed by atoms with E-state index < -0.39 is 6.04 Å². The number of nitrogens with zero attached hydrogens (tertiary/aromatic N) is 3. The van der Waals surface area contributed by atoms with Crippen LogP contribution in [0.25, 0.3) is 0 Å². The van der Waals surface area contributed by atoms with Crippen molar-refractivity contribution >= 4 is 17.4 Å². The van der Waals surface area contributed by atoms with Gasteiger partial charge in [0.25, 0.3) is 5.56 Å². The highest BCUT2D eigenvalue weighted by atomic mass is 16.2. The fourth-order valence-corrected chi connectivity index (χ4v) is 4.69. The maximum absolute atomic E-state index is 13.2. The van der Waals surface area contributed by atoms with Crippen LogP contribution in [-0.4, -0.2) is 20.4 Å². The number of aromatic nitrogens is 3. The van der Waals surface area contributed by atoms with E-state index in [2.05, 4.69) is 26.7 Å². The van der Waals surface area contributed by atoms with E-state index in [4.69, 9.17) is 5.73 Å². The molecule has 5 rings (SSSR count). The van der Waals surface area contributed by atoms with Gasteiger partial charge in [-0.25, -0.2) is 9.97 Å². The van der Waals surface area contributed by atoms with E-state index in [0.717, 1.165) is 35.2 Å². The summed E-state index contributed by atoms with van der Waals surface area (Å²) in [5.41, 5.74) is 10.2. The summed E-state index contributed by atoms with van der Waals surface area (Å²) in [5, 5.41) is 6.31. The molecule has 164 valence electrons. The number of hydrogen-bond donors (Lipinski definition) is 3. The van der Waals surface area contributed by atoms with Crippen molar-refractivity contribution in [2.45, 2.75) is 51.2 Å². The van der Waals surface area contributed by atoms with E-state index in [1.807, 2.05) is 31.2 Å². The molecule has 1 aliphatic carbocycles. The van der Waals surface area contributed by atoms with Gasteiger partial charge in [-0.1, -0.05) is 35.9 Å². The van der Waals surface area contributed by atoms with Crippen molar-refractivity contribution in [1.29, 1.82) is 0 Å². The zero-order valence-corrected chi connectivity index (χ0v) is 18.0. The average Bonchev–Trinajstić information content (AvgIpc) is 3.38. The molecule has 0 spiro atoms. The van der Waals surface area contributed by atoms with Gasteiger partial charge in [0.2, 0.25) is 5.91 Å². The van der Waals surface area contributed by atoms with Crippen LogP contribution in [0.5, 0.6) is 0 Å². The second-order valence-electron chi connectivity index (χ2n) is 8.53. The quantitative estimate of drug-likeness (QED) is 0.573. The number of carbonyl (C=O) groups is 1. The van der Waals surface area contributed by atoms with Crippen LogP contribution in [-0.2, 0) is 24.2 Å². The van der Waals surface area contributed by atoms with E-state index in [-0.39, 0.29) is 17.5 Å². The molecule has 8 heteroatoms. The number of carbonyl (C=O) groups excluding carboxylic acids is 1. The Morgan fingerprint density at radius 2 is 2.09 bits per heavy atom. The number of hydrogen-bond acceptors (Lipinski definition) is 6. The van der Waals surface area contributed by atoms with Gasteiger partial charge >= 0.3 is 0 Å². The van der Waals surface area contributed by atoms with E-state index in [1.165, 1.54) is 0 Å². The van der Waals surface area contributed by atoms with Crippen molar-refractivity contribution in [3.63, 3.8) is 0 Å². The van der Waals surface area contributed by atoms with Crippen LogP contribution < -0.4 is 21.9 Å². The molecule has 8 nitrogen and oxygen atoms in total. The second kappa shape index (κ2) is 8.11. The molecular weight excluding hydrogens is 404 g/mol. The first-order valence-electron chi connectivity index (χ1n) is 10.9. The van der Waals surface area contributed by atoms with Crippen molar-refractivity contribution in [3.8, 4) is 0 Å². The van der Waals surface area contributed by atoms with Gasteiger partial charge in [-0.2, -0.15) is 0 Å². The molecule has 32 heavy (non-hydrogen) atoms. The Hall–Kier alpha value is -3.68. The zero-order valence-electron chi connectivity index (χ0n) is 18.0. The van der Waals surface area contributed by atoms with Crippen LogP contribution >= 0.6 is 0 Å². The maximum atomic E-state index is 13.2. The lowest BCUT2D eigenvalue weighted by molar-refractivity contribution is -0.125. The standard InChI is InChI=1S/C24H26N6O2/c1-14-3-2-4-15(11-14)12-26-19-13-27-22-10-8-20(30(22)24(19)32)23(31)29-18-7-6-17-16(18)5-9-21(25)28-17/h2-5,9,11,13,18,20,26H,6-8,10,12H2,1H3,(H2,25,28)(H,29,31)/t18?,20-/m0/s1. The smallest absolute Gasteiger partial charge is 0.277 e. The molecule has 2 aromatic heterocycles. The molecule has 1 unspecified atom stereocenters. The molecule has 0 fully saturated rings. The highest BCUT2D eigenvalue weighted by Gasteiger charge is 2.34. The van der Waals surface area contributed by atoms with Crippen LogP contribution in [0.3, 0.4) is 0 Å². The van der Waals surface area contributed by atoms with Gasteiger partial charge in [-0.3, -0.25) is 14.2 Å². The summed E-state index contributed by atoms with van der Waals surface area (Å²) < 4.78 is 1.55. The topological polar surface area (TPSA) is 115 Å². The first-order chi connectivity index (χ1) is 15.5. The third-order valence-corrected chi connectivity index (χ3v) is 6.28. The van der Waals surface area contributed by atoms with Gasteiger partial charge in [-0.05, 0) is 43.4 Å². The molecule has 0 radical (unpaired) electrons. The number of pyridine rings is 1. The number of nitrogens with two attached hydrogens (primary N) is 1. The highest BCUT2D eigenvalue weighted by Crippen LogP contribution is 2.32. The van der Waals surface area contributed by atoms with Gasteiger partial charge in [0.05, 0.1) is 12.2 Å². The Morgan fingerprint density at radius 1 is 1.22 bits per heavy atom. The van der Waals surface area contributed by atoms with Crippen LogP contribution in [0, 0.1) is 6.92 Å². The van der Waals surface area contributed by atoms with Crippen LogP contribution in [0.1, 0.15) is 53.1 Å². The summed E-state index contributed by atoms with van der Waals surface area (Å²) >= 11 is 0. The lowest BCUT2D eigenvalue weighted by Crippen LogP contribution is -2.37. The van der Waals surface area contributed by atoms with E-state index >= 15 is 0 Å². The summed E-state index contributed by atoms with van der Waals surface area (Å²) in [7, 11) is 0. The normalized spacial score (nSPS) is 18.8. The minimum absolute atomic E-state index is 0.110. The molecule has 0 bridgehead atoms. The fraction of sp³-hybridized carbons (Fsp3) is 0.333. The summed E-state index contributed by atoms with van der Waals surface area (Å²) in [4.78, 5) is 35.2. The van der Waals surface area contributed by atoms with E-state index in [9.17, 15) is 9.59 Å². The number of fused-ring (bicyclic) bond motifs is 2. The van der Waals surface area contributed by atoms with E-state index in [0.29, 0.717) is 36.7 Å². The Bertz CT molecular complexity index is 1250. The third kappa shape index (κ3) is 3.72. The van der Waals surface area contributed by atoms with Crippen molar-refractivity contribution < 1.29 is 4.79 Å². The minimum atomic E-state index is -0.559. The molecule has 2 atom stereocenters. The fourth-order valence-electron chi connectivity index (χ4n) is 4.69. The SMILES string of the molecule is Cc1cccc(CNc2cnc3n(c2=O)[C@H](C(=O)NC2CCc4nc(N)ccc42)CC3)c1. The average molecular weight is 431 g/mol. The van der Waals surface area contributed by atoms with Crippen molar-refractivity contribution in [2.24, 2.45) is 0 Å². The van der Waals surface area contributed by atoms with Crippen LogP contribution in [0.4, 0.5) is 11.5 Å². The number of nitrogens with one attached hydrogen (secondary N) is 2. The number of aryl methyl sites for hydroxylation is 3. The summed E-state index contributed by atoms with van der Waals surface area (Å²) in [6, 6.07) is 11.1. The van der Waals surface area contributed by atoms with Gasteiger partial charge in [0.1, 0.15) is 23.4 Å². The summed E-state index contributed by atoms with van der Waals surface area (Å²) in [6.45, 7) is 2.55. The first kappa shape index (κ1) is 20.2. The molecule has 1 aliphatic heterocycles. The molecule has 3 heterocycles. The number of benzene rings is 1. The molecule has 4 N–H and O–H groups in total. The Balaban J connectivity index is 1.34. The molecule has 2 aliphatic rings. The largest absolute Gasteiger partial charge is 0.384 e.